The van der Waals surface area contributed by atoms with Crippen molar-refractivity contribution in [3.63, 3.8) is 0 Å². The summed E-state index contributed by atoms with van der Waals surface area (Å²) < 4.78 is 1.09. The summed E-state index contributed by atoms with van der Waals surface area (Å²) in [4.78, 5) is 35.7. The Balaban J connectivity index is 2.10. The maximum atomic E-state index is 12.2. The van der Waals surface area contributed by atoms with E-state index in [-0.39, 0.29) is 24.2 Å². The zero-order chi connectivity index (χ0) is 15.4. The fourth-order valence-electron chi connectivity index (χ4n) is 2.44. The van der Waals surface area contributed by atoms with E-state index in [0.717, 1.165) is 35.7 Å². The number of amides is 1. The van der Waals surface area contributed by atoms with Crippen molar-refractivity contribution in [1.29, 1.82) is 0 Å². The molecule has 1 aliphatic rings. The van der Waals surface area contributed by atoms with Gasteiger partial charge in [-0.2, -0.15) is 0 Å². The van der Waals surface area contributed by atoms with E-state index in [1.807, 2.05) is 7.05 Å². The number of hydrogen-bond acceptors (Lipinski definition) is 5. The van der Waals surface area contributed by atoms with Gasteiger partial charge in [-0.3, -0.25) is 24.3 Å². The van der Waals surface area contributed by atoms with Crippen LogP contribution in [0.4, 0.5) is 5.69 Å². The van der Waals surface area contributed by atoms with E-state index < -0.39 is 10.5 Å². The molecule has 2 heterocycles. The molecular weight excluding hydrogens is 276 g/mol. The average molecular weight is 294 g/mol. The second kappa shape index (κ2) is 6.49. The van der Waals surface area contributed by atoms with Crippen molar-refractivity contribution < 1.29 is 9.72 Å². The van der Waals surface area contributed by atoms with Gasteiger partial charge in [0, 0.05) is 31.3 Å². The molecule has 0 radical (unpaired) electrons. The molecule has 1 aromatic heterocycles. The van der Waals surface area contributed by atoms with Crippen LogP contribution in [-0.4, -0.2) is 46.5 Å². The van der Waals surface area contributed by atoms with Gasteiger partial charge in [0.15, 0.2) is 0 Å². The van der Waals surface area contributed by atoms with E-state index in [0.29, 0.717) is 13.1 Å². The van der Waals surface area contributed by atoms with Crippen molar-refractivity contribution in [2.75, 3.05) is 20.1 Å². The third-order valence-electron chi connectivity index (χ3n) is 3.67. The van der Waals surface area contributed by atoms with Crippen molar-refractivity contribution in [3.05, 3.63) is 38.8 Å². The van der Waals surface area contributed by atoms with Gasteiger partial charge in [0.05, 0.1) is 11.1 Å². The van der Waals surface area contributed by atoms with Gasteiger partial charge in [0.1, 0.15) is 6.54 Å². The third-order valence-corrected chi connectivity index (χ3v) is 3.67. The lowest BCUT2D eigenvalue weighted by Crippen LogP contribution is -2.48. The van der Waals surface area contributed by atoms with E-state index in [2.05, 4.69) is 5.32 Å². The summed E-state index contributed by atoms with van der Waals surface area (Å²) in [5.74, 6) is -0.197. The van der Waals surface area contributed by atoms with Crippen LogP contribution in [0.1, 0.15) is 12.8 Å². The number of piperidine rings is 1. The molecule has 0 saturated carbocycles. The number of nitrogens with zero attached hydrogens (tertiary/aromatic N) is 3. The standard InChI is InChI=1S/C13H18N4O4/c1-14-10-3-2-6-15(7-10)13(19)9-16-8-11(17(20)21)4-5-12(16)18/h4-5,8,10,14H,2-3,6-7,9H2,1H3. The largest absolute Gasteiger partial charge is 0.340 e. The maximum absolute atomic E-state index is 12.2. The first-order valence-corrected chi connectivity index (χ1v) is 6.81. The molecular formula is C13H18N4O4. The minimum atomic E-state index is -0.585. The first-order valence-electron chi connectivity index (χ1n) is 6.81. The van der Waals surface area contributed by atoms with Crippen LogP contribution in [0, 0.1) is 10.1 Å². The van der Waals surface area contributed by atoms with E-state index >= 15 is 0 Å². The highest BCUT2D eigenvalue weighted by atomic mass is 16.6. The molecule has 0 spiro atoms. The molecule has 1 N–H and O–H groups in total. The van der Waals surface area contributed by atoms with Gasteiger partial charge in [0.25, 0.3) is 11.2 Å². The van der Waals surface area contributed by atoms with Gasteiger partial charge in [-0.15, -0.1) is 0 Å². The molecule has 1 fully saturated rings. The van der Waals surface area contributed by atoms with Gasteiger partial charge < -0.3 is 10.2 Å². The fourth-order valence-corrected chi connectivity index (χ4v) is 2.44. The van der Waals surface area contributed by atoms with Crippen molar-refractivity contribution in [1.82, 2.24) is 14.8 Å². The normalized spacial score (nSPS) is 18.5. The van der Waals surface area contributed by atoms with Crippen LogP contribution in [0.3, 0.4) is 0 Å². The number of nitrogens with one attached hydrogen (secondary N) is 1. The number of nitro groups is 1. The van der Waals surface area contributed by atoms with Crippen LogP contribution in [0.25, 0.3) is 0 Å². The predicted molar refractivity (Wildman–Crippen MR) is 76.0 cm³/mol. The molecule has 1 unspecified atom stereocenters. The highest BCUT2D eigenvalue weighted by molar-refractivity contribution is 5.76. The minimum Gasteiger partial charge on any atom is -0.340 e. The number of pyridine rings is 1. The first kappa shape index (κ1) is 15.2. The lowest BCUT2D eigenvalue weighted by Gasteiger charge is -2.32. The van der Waals surface area contributed by atoms with Gasteiger partial charge in [-0.25, -0.2) is 0 Å². The highest BCUT2D eigenvalue weighted by Gasteiger charge is 2.23. The molecule has 1 aliphatic heterocycles. The van der Waals surface area contributed by atoms with Crippen LogP contribution < -0.4 is 10.9 Å². The average Bonchev–Trinajstić information content (AvgIpc) is 2.49. The summed E-state index contributed by atoms with van der Waals surface area (Å²) in [6.07, 6.45) is 3.03. The van der Waals surface area contributed by atoms with Crippen LogP contribution in [0.15, 0.2) is 23.1 Å². The summed E-state index contributed by atoms with van der Waals surface area (Å²) in [7, 11) is 1.85. The van der Waals surface area contributed by atoms with Crippen LogP contribution >= 0.6 is 0 Å². The van der Waals surface area contributed by atoms with Crippen molar-refractivity contribution >= 4 is 11.6 Å². The molecule has 8 nitrogen and oxygen atoms in total. The monoisotopic (exact) mass is 294 g/mol. The Morgan fingerprint density at radius 3 is 2.95 bits per heavy atom. The van der Waals surface area contributed by atoms with Crippen molar-refractivity contribution in [2.45, 2.75) is 25.4 Å². The van der Waals surface area contributed by atoms with Crippen molar-refractivity contribution in [2.24, 2.45) is 0 Å². The Kier molecular flexibility index (Phi) is 4.69. The number of carbonyl (C=O) groups is 1. The summed E-state index contributed by atoms with van der Waals surface area (Å²) >= 11 is 0. The van der Waals surface area contributed by atoms with Crippen LogP contribution in [0.2, 0.25) is 0 Å². The Morgan fingerprint density at radius 1 is 1.52 bits per heavy atom. The topological polar surface area (TPSA) is 97.5 Å². The zero-order valence-corrected chi connectivity index (χ0v) is 11.8. The van der Waals surface area contributed by atoms with Gasteiger partial charge in [-0.1, -0.05) is 0 Å². The highest BCUT2D eigenvalue weighted by Crippen LogP contribution is 2.11. The van der Waals surface area contributed by atoms with Crippen molar-refractivity contribution in [3.8, 4) is 0 Å². The Morgan fingerprint density at radius 2 is 2.29 bits per heavy atom. The number of rotatable bonds is 4. The van der Waals surface area contributed by atoms with Gasteiger partial charge in [0.2, 0.25) is 5.91 Å². The number of hydrogen-bond donors (Lipinski definition) is 1. The molecule has 1 amide bonds. The summed E-state index contributed by atoms with van der Waals surface area (Å²) in [6, 6.07) is 2.50. The number of likely N-dealkylation sites (N-methyl/N-ethyl adjacent to an activating group) is 1. The molecule has 1 aromatic rings. The Bertz CT molecular complexity index is 598. The number of aromatic nitrogens is 1. The summed E-state index contributed by atoms with van der Waals surface area (Å²) in [5, 5.41) is 13.9. The lowest BCUT2D eigenvalue weighted by atomic mass is 10.1. The molecule has 0 aliphatic carbocycles. The number of likely N-dealkylation sites (tertiary alicyclic amines) is 1. The third kappa shape index (κ3) is 3.66. The smallest absolute Gasteiger partial charge is 0.285 e. The van der Waals surface area contributed by atoms with Gasteiger partial charge >= 0.3 is 0 Å². The molecule has 1 saturated heterocycles. The molecule has 1 atom stereocenters. The number of carbonyl (C=O) groups excluding carboxylic acids is 1. The summed E-state index contributed by atoms with van der Waals surface area (Å²) in [5.41, 5.74) is -0.620. The van der Waals surface area contributed by atoms with Gasteiger partial charge in [-0.05, 0) is 19.9 Å². The minimum absolute atomic E-state index is 0.170. The molecule has 0 bridgehead atoms. The Labute approximate surface area is 121 Å². The van der Waals surface area contributed by atoms with E-state index in [1.54, 1.807) is 4.90 Å². The predicted octanol–water partition coefficient (Wildman–Crippen LogP) is -0.0331. The molecule has 2 rings (SSSR count). The molecule has 8 heteroatoms. The first-order chi connectivity index (χ1) is 10.0. The second-order valence-corrected chi connectivity index (χ2v) is 5.08. The van der Waals surface area contributed by atoms with Crippen LogP contribution in [0.5, 0.6) is 0 Å². The van der Waals surface area contributed by atoms with E-state index in [9.17, 15) is 19.7 Å². The molecule has 0 aromatic carbocycles. The Hall–Kier alpha value is -2.22. The SMILES string of the molecule is CNC1CCCN(C(=O)Cn2cc([N+](=O)[O-])ccc2=O)C1. The fraction of sp³-hybridized carbons (Fsp3) is 0.538. The summed E-state index contributed by atoms with van der Waals surface area (Å²) in [6.45, 7) is 1.08. The quantitative estimate of drug-likeness (QED) is 0.621. The van der Waals surface area contributed by atoms with Crippen LogP contribution in [-0.2, 0) is 11.3 Å². The van der Waals surface area contributed by atoms with E-state index in [1.165, 1.54) is 0 Å². The lowest BCUT2D eigenvalue weighted by molar-refractivity contribution is -0.385. The maximum Gasteiger partial charge on any atom is 0.285 e. The van der Waals surface area contributed by atoms with E-state index in [4.69, 9.17) is 0 Å². The molecule has 21 heavy (non-hydrogen) atoms. The zero-order valence-electron chi connectivity index (χ0n) is 11.8. The second-order valence-electron chi connectivity index (χ2n) is 5.08. The molecule has 114 valence electrons.